The van der Waals surface area contributed by atoms with Gasteiger partial charge in [-0.3, -0.25) is 9.59 Å². The summed E-state index contributed by atoms with van der Waals surface area (Å²) in [5, 5.41) is 3.84. The van der Waals surface area contributed by atoms with E-state index >= 15 is 0 Å². The molecule has 0 heterocycles. The van der Waals surface area contributed by atoms with Crippen molar-refractivity contribution in [1.29, 1.82) is 0 Å². The zero-order valence-electron chi connectivity index (χ0n) is 17.6. The van der Waals surface area contributed by atoms with Gasteiger partial charge in [-0.05, 0) is 48.9 Å². The van der Waals surface area contributed by atoms with Crippen LogP contribution < -0.4 is 5.32 Å². The summed E-state index contributed by atoms with van der Waals surface area (Å²) < 4.78 is 0. The Balaban J connectivity index is 1.74. The summed E-state index contributed by atoms with van der Waals surface area (Å²) in [4.78, 5) is 28.1. The molecular formula is C25H31ClN2O2. The predicted octanol–water partition coefficient (Wildman–Crippen LogP) is 5.14. The minimum absolute atomic E-state index is 0.00206. The molecular weight excluding hydrogens is 396 g/mol. The number of carbonyl (C=O) groups excluding carboxylic acids is 2. The second-order valence-corrected chi connectivity index (χ2v) is 8.48. The molecule has 0 saturated heterocycles. The molecule has 1 atom stereocenters. The van der Waals surface area contributed by atoms with Crippen LogP contribution in [-0.2, 0) is 22.6 Å². The smallest absolute Gasteiger partial charge is 0.243 e. The molecule has 2 aromatic carbocycles. The van der Waals surface area contributed by atoms with E-state index in [2.05, 4.69) is 5.32 Å². The van der Waals surface area contributed by atoms with E-state index in [1.165, 1.54) is 0 Å². The molecule has 5 heteroatoms. The van der Waals surface area contributed by atoms with Crippen molar-refractivity contribution in [2.24, 2.45) is 0 Å². The quantitative estimate of drug-likeness (QED) is 0.603. The summed E-state index contributed by atoms with van der Waals surface area (Å²) in [6.45, 7) is 2.37. The van der Waals surface area contributed by atoms with Crippen LogP contribution >= 0.6 is 11.6 Å². The van der Waals surface area contributed by atoms with Gasteiger partial charge in [-0.15, -0.1) is 0 Å². The number of hydrogen-bond donors (Lipinski definition) is 1. The minimum atomic E-state index is -0.468. The third-order valence-corrected chi connectivity index (χ3v) is 6.08. The maximum Gasteiger partial charge on any atom is 0.243 e. The first-order valence-corrected chi connectivity index (χ1v) is 11.3. The van der Waals surface area contributed by atoms with Crippen LogP contribution in [0, 0.1) is 0 Å². The number of nitrogens with one attached hydrogen (secondary N) is 1. The Labute approximate surface area is 184 Å². The van der Waals surface area contributed by atoms with Gasteiger partial charge in [-0.2, -0.15) is 0 Å². The highest BCUT2D eigenvalue weighted by Crippen LogP contribution is 2.20. The maximum atomic E-state index is 13.2. The van der Waals surface area contributed by atoms with Crippen molar-refractivity contribution in [2.45, 2.75) is 70.5 Å². The summed E-state index contributed by atoms with van der Waals surface area (Å²) in [5.41, 5.74) is 2.10. The molecule has 1 saturated carbocycles. The van der Waals surface area contributed by atoms with Crippen LogP contribution in [0.15, 0.2) is 54.6 Å². The van der Waals surface area contributed by atoms with E-state index in [4.69, 9.17) is 11.6 Å². The van der Waals surface area contributed by atoms with Crippen molar-refractivity contribution < 1.29 is 9.59 Å². The summed E-state index contributed by atoms with van der Waals surface area (Å²) in [7, 11) is 0. The second-order valence-electron chi connectivity index (χ2n) is 8.05. The molecule has 1 aliphatic carbocycles. The van der Waals surface area contributed by atoms with E-state index in [0.29, 0.717) is 30.8 Å². The average Bonchev–Trinajstić information content (AvgIpc) is 3.27. The summed E-state index contributed by atoms with van der Waals surface area (Å²) in [5.74, 6) is -0.0337. The molecule has 3 rings (SSSR count). The molecule has 1 N–H and O–H groups in total. The van der Waals surface area contributed by atoms with Crippen LogP contribution in [0.25, 0.3) is 0 Å². The van der Waals surface area contributed by atoms with Gasteiger partial charge in [0.15, 0.2) is 0 Å². The normalized spacial score (nSPS) is 15.0. The molecule has 0 unspecified atom stereocenters. The molecule has 4 nitrogen and oxygen atoms in total. The number of benzene rings is 2. The fraction of sp³-hybridized carbons (Fsp3) is 0.440. The Morgan fingerprint density at radius 3 is 2.33 bits per heavy atom. The monoisotopic (exact) mass is 426 g/mol. The lowest BCUT2D eigenvalue weighted by Gasteiger charge is -2.31. The van der Waals surface area contributed by atoms with Crippen molar-refractivity contribution in [1.82, 2.24) is 10.2 Å². The number of hydrogen-bond acceptors (Lipinski definition) is 2. The van der Waals surface area contributed by atoms with Crippen molar-refractivity contribution in [3.63, 3.8) is 0 Å². The van der Waals surface area contributed by atoms with E-state index < -0.39 is 6.04 Å². The lowest BCUT2D eigenvalue weighted by Crippen LogP contribution is -2.51. The Bertz CT molecular complexity index is 817. The molecule has 160 valence electrons. The van der Waals surface area contributed by atoms with Crippen LogP contribution in [0.5, 0.6) is 0 Å². The number of nitrogens with zero attached hydrogens (tertiary/aromatic N) is 1. The van der Waals surface area contributed by atoms with Gasteiger partial charge in [0.2, 0.25) is 11.8 Å². The molecule has 0 aromatic heterocycles. The zero-order valence-corrected chi connectivity index (χ0v) is 18.4. The first kappa shape index (κ1) is 22.4. The summed E-state index contributed by atoms with van der Waals surface area (Å²) >= 11 is 6.02. The number of halogens is 1. The molecule has 2 aromatic rings. The third kappa shape index (κ3) is 6.33. The zero-order chi connectivity index (χ0) is 21.3. The molecule has 2 amide bonds. The van der Waals surface area contributed by atoms with Crippen LogP contribution in [0.2, 0.25) is 5.02 Å². The lowest BCUT2D eigenvalue weighted by molar-refractivity contribution is -0.141. The Kier molecular flexibility index (Phi) is 8.32. The fourth-order valence-electron chi connectivity index (χ4n) is 4.11. The largest absolute Gasteiger partial charge is 0.352 e. The van der Waals surface area contributed by atoms with Gasteiger partial charge in [0.05, 0.1) is 0 Å². The highest BCUT2D eigenvalue weighted by Gasteiger charge is 2.30. The Hall–Kier alpha value is -2.33. The van der Waals surface area contributed by atoms with Gasteiger partial charge >= 0.3 is 0 Å². The van der Waals surface area contributed by atoms with E-state index in [0.717, 1.165) is 36.8 Å². The molecule has 0 spiro atoms. The van der Waals surface area contributed by atoms with E-state index in [9.17, 15) is 9.59 Å². The van der Waals surface area contributed by atoms with Crippen LogP contribution in [0.3, 0.4) is 0 Å². The van der Waals surface area contributed by atoms with Crippen LogP contribution in [-0.4, -0.2) is 28.8 Å². The molecule has 0 bridgehead atoms. The summed E-state index contributed by atoms with van der Waals surface area (Å²) in [6.07, 6.45) is 6.01. The molecule has 0 radical (unpaired) electrons. The predicted molar refractivity (Wildman–Crippen MR) is 121 cm³/mol. The van der Waals surface area contributed by atoms with Crippen molar-refractivity contribution in [3.8, 4) is 0 Å². The topological polar surface area (TPSA) is 49.4 Å². The van der Waals surface area contributed by atoms with Gasteiger partial charge in [-0.1, -0.05) is 73.8 Å². The highest BCUT2D eigenvalue weighted by molar-refractivity contribution is 6.30. The lowest BCUT2D eigenvalue weighted by atomic mass is 10.1. The highest BCUT2D eigenvalue weighted by atomic mass is 35.5. The number of amides is 2. The molecule has 1 aliphatic rings. The maximum absolute atomic E-state index is 13.2. The molecule has 0 aliphatic heterocycles. The van der Waals surface area contributed by atoms with Gasteiger partial charge < -0.3 is 10.2 Å². The number of aryl methyl sites for hydroxylation is 1. The Morgan fingerprint density at radius 1 is 1.03 bits per heavy atom. The van der Waals surface area contributed by atoms with E-state index in [-0.39, 0.29) is 17.9 Å². The minimum Gasteiger partial charge on any atom is -0.352 e. The fourth-order valence-corrected chi connectivity index (χ4v) is 4.24. The van der Waals surface area contributed by atoms with Crippen molar-refractivity contribution in [3.05, 3.63) is 70.7 Å². The van der Waals surface area contributed by atoms with E-state index in [1.807, 2.05) is 61.5 Å². The van der Waals surface area contributed by atoms with Gasteiger partial charge in [0.1, 0.15) is 6.04 Å². The number of rotatable bonds is 9. The first-order valence-electron chi connectivity index (χ1n) is 10.9. The molecule has 1 fully saturated rings. The number of carbonyl (C=O) groups is 2. The SMILES string of the molecule is CC[C@@H](C(=O)NC1CCCC1)N(Cc1ccc(Cl)cc1)C(=O)CCc1ccccc1. The average molecular weight is 427 g/mol. The second kappa shape index (κ2) is 11.2. The van der Waals surface area contributed by atoms with Gasteiger partial charge in [-0.25, -0.2) is 0 Å². The summed E-state index contributed by atoms with van der Waals surface area (Å²) in [6, 6.07) is 17.2. The first-order chi connectivity index (χ1) is 14.6. The van der Waals surface area contributed by atoms with Crippen LogP contribution in [0.4, 0.5) is 0 Å². The third-order valence-electron chi connectivity index (χ3n) is 5.82. The van der Waals surface area contributed by atoms with Crippen LogP contribution in [0.1, 0.15) is 56.6 Å². The van der Waals surface area contributed by atoms with Gasteiger partial charge in [0.25, 0.3) is 0 Å². The van der Waals surface area contributed by atoms with Gasteiger partial charge in [0, 0.05) is 24.0 Å². The van der Waals surface area contributed by atoms with Crippen molar-refractivity contribution in [2.75, 3.05) is 0 Å². The van der Waals surface area contributed by atoms with E-state index in [1.54, 1.807) is 4.90 Å². The standard InChI is InChI=1S/C25H31ClN2O2/c1-2-23(25(30)27-22-10-6-7-11-22)28(18-20-12-15-21(26)16-13-20)24(29)17-14-19-8-4-3-5-9-19/h3-5,8-9,12-13,15-16,22-23H,2,6-7,10-11,14,17-18H2,1H3,(H,27,30)/t23-/m0/s1. The molecule has 30 heavy (non-hydrogen) atoms. The van der Waals surface area contributed by atoms with Crippen molar-refractivity contribution >= 4 is 23.4 Å². The Morgan fingerprint density at radius 2 is 1.70 bits per heavy atom.